The minimum Gasteiger partial charge on any atom is -0.503 e. The Kier molecular flexibility index (Phi) is 5.85. The van der Waals surface area contributed by atoms with Crippen LogP contribution in [0.1, 0.15) is 64.1 Å². The Bertz CT molecular complexity index is 498. The van der Waals surface area contributed by atoms with E-state index >= 15 is 0 Å². The van der Waals surface area contributed by atoms with Crippen molar-refractivity contribution in [2.45, 2.75) is 65.0 Å². The molecule has 1 aromatic heterocycles. The van der Waals surface area contributed by atoms with Gasteiger partial charge >= 0.3 is 0 Å². The number of hydrogen-bond donors (Lipinski definition) is 1. The summed E-state index contributed by atoms with van der Waals surface area (Å²) in [5.41, 5.74) is 0.792. The van der Waals surface area contributed by atoms with Gasteiger partial charge in [0.2, 0.25) is 5.43 Å². The Morgan fingerprint density at radius 2 is 1.86 bits per heavy atom. The first-order valence-corrected chi connectivity index (χ1v) is 8.32. The average Bonchev–Trinajstić information content (AvgIpc) is 3.30. The monoisotopic (exact) mass is 292 g/mol. The van der Waals surface area contributed by atoms with Gasteiger partial charge in [-0.25, -0.2) is 0 Å². The Morgan fingerprint density at radius 3 is 2.38 bits per heavy atom. The van der Waals surface area contributed by atoms with Crippen molar-refractivity contribution in [3.8, 4) is 5.75 Å². The van der Waals surface area contributed by atoms with Crippen molar-refractivity contribution in [1.82, 2.24) is 9.47 Å². The molecule has 1 N–H and O–H groups in total. The maximum atomic E-state index is 11.8. The summed E-state index contributed by atoms with van der Waals surface area (Å²) in [6, 6.07) is 2.10. The van der Waals surface area contributed by atoms with Crippen molar-refractivity contribution in [2.24, 2.45) is 0 Å². The molecule has 4 nitrogen and oxygen atoms in total. The van der Waals surface area contributed by atoms with Crippen LogP contribution in [0.15, 0.2) is 17.1 Å². The van der Waals surface area contributed by atoms with Crippen LogP contribution < -0.4 is 5.43 Å². The summed E-state index contributed by atoms with van der Waals surface area (Å²) >= 11 is 0. The van der Waals surface area contributed by atoms with E-state index in [1.54, 1.807) is 12.3 Å². The number of rotatable bonds is 9. The van der Waals surface area contributed by atoms with Gasteiger partial charge < -0.3 is 9.67 Å². The Labute approximate surface area is 127 Å². The lowest BCUT2D eigenvalue weighted by atomic mass is 10.2. The standard InChI is InChI=1S/C17H28N2O2/c1-3-5-9-18(10-6-4-2)12-15-11-16(20)17(21)13-19(15)14-7-8-14/h11,13-14,21H,3-10,12H2,1-2H3. The number of aromatic hydroxyl groups is 1. The van der Waals surface area contributed by atoms with Gasteiger partial charge in [0.05, 0.1) is 6.20 Å². The summed E-state index contributed by atoms with van der Waals surface area (Å²) in [5.74, 6) is -0.126. The number of hydrogen-bond acceptors (Lipinski definition) is 3. The van der Waals surface area contributed by atoms with Gasteiger partial charge in [0.15, 0.2) is 5.75 Å². The highest BCUT2D eigenvalue weighted by atomic mass is 16.3. The molecule has 4 heteroatoms. The van der Waals surface area contributed by atoms with Gasteiger partial charge in [-0.15, -0.1) is 0 Å². The molecule has 0 bridgehead atoms. The van der Waals surface area contributed by atoms with Crippen molar-refractivity contribution in [1.29, 1.82) is 0 Å². The zero-order valence-electron chi connectivity index (χ0n) is 13.3. The number of nitrogens with zero attached hydrogens (tertiary/aromatic N) is 2. The number of pyridine rings is 1. The van der Waals surface area contributed by atoms with Crippen LogP contribution in [0.5, 0.6) is 5.75 Å². The molecule has 1 saturated carbocycles. The lowest BCUT2D eigenvalue weighted by Crippen LogP contribution is -2.28. The van der Waals surface area contributed by atoms with Crippen molar-refractivity contribution in [3.05, 3.63) is 28.2 Å². The van der Waals surface area contributed by atoms with Gasteiger partial charge in [-0.05, 0) is 38.8 Å². The van der Waals surface area contributed by atoms with Gasteiger partial charge in [-0.1, -0.05) is 26.7 Å². The molecule has 0 atom stereocenters. The zero-order valence-corrected chi connectivity index (χ0v) is 13.3. The van der Waals surface area contributed by atoms with Crippen molar-refractivity contribution in [2.75, 3.05) is 13.1 Å². The van der Waals surface area contributed by atoms with E-state index in [1.165, 1.54) is 25.7 Å². The topological polar surface area (TPSA) is 45.5 Å². The quantitative estimate of drug-likeness (QED) is 0.759. The first kappa shape index (κ1) is 16.1. The number of unbranched alkanes of at least 4 members (excludes halogenated alkanes) is 2. The Hall–Kier alpha value is -1.29. The Balaban J connectivity index is 2.14. The van der Waals surface area contributed by atoms with Crippen LogP contribution >= 0.6 is 0 Å². The van der Waals surface area contributed by atoms with Crippen LogP contribution in [0.4, 0.5) is 0 Å². The van der Waals surface area contributed by atoms with Crippen LogP contribution in [-0.4, -0.2) is 27.7 Å². The third-order valence-electron chi connectivity index (χ3n) is 4.12. The van der Waals surface area contributed by atoms with E-state index in [0.717, 1.165) is 38.2 Å². The van der Waals surface area contributed by atoms with Gasteiger partial charge in [-0.2, -0.15) is 0 Å². The van der Waals surface area contributed by atoms with Crippen molar-refractivity contribution < 1.29 is 5.11 Å². The van der Waals surface area contributed by atoms with Gasteiger partial charge in [0, 0.05) is 24.3 Å². The lowest BCUT2D eigenvalue weighted by molar-refractivity contribution is 0.249. The predicted octanol–water partition coefficient (Wildman–Crippen LogP) is 3.29. The molecule has 1 aromatic rings. The van der Waals surface area contributed by atoms with Crippen LogP contribution in [-0.2, 0) is 6.54 Å². The highest BCUT2D eigenvalue weighted by molar-refractivity contribution is 5.22. The van der Waals surface area contributed by atoms with E-state index in [1.807, 2.05) is 0 Å². The van der Waals surface area contributed by atoms with Crippen molar-refractivity contribution in [3.63, 3.8) is 0 Å². The molecule has 0 saturated heterocycles. The summed E-state index contributed by atoms with van der Waals surface area (Å²) in [6.45, 7) is 7.38. The predicted molar refractivity (Wildman–Crippen MR) is 85.7 cm³/mol. The molecule has 1 aliphatic rings. The first-order valence-electron chi connectivity index (χ1n) is 8.32. The molecular weight excluding hydrogens is 264 g/mol. The molecule has 0 radical (unpaired) electrons. The average molecular weight is 292 g/mol. The fraction of sp³-hybridized carbons (Fsp3) is 0.706. The molecule has 0 aromatic carbocycles. The highest BCUT2D eigenvalue weighted by Gasteiger charge is 2.26. The van der Waals surface area contributed by atoms with Crippen LogP contribution in [0.2, 0.25) is 0 Å². The van der Waals surface area contributed by atoms with Gasteiger partial charge in [0.25, 0.3) is 0 Å². The van der Waals surface area contributed by atoms with Crippen LogP contribution in [0, 0.1) is 0 Å². The smallest absolute Gasteiger partial charge is 0.223 e. The minimum absolute atomic E-state index is 0.126. The molecule has 21 heavy (non-hydrogen) atoms. The van der Waals surface area contributed by atoms with E-state index in [4.69, 9.17) is 0 Å². The van der Waals surface area contributed by atoms with E-state index < -0.39 is 0 Å². The maximum absolute atomic E-state index is 11.8. The third kappa shape index (κ3) is 4.60. The summed E-state index contributed by atoms with van der Waals surface area (Å²) in [6.07, 6.45) is 8.69. The second-order valence-corrected chi connectivity index (χ2v) is 6.14. The molecule has 2 rings (SSSR count). The van der Waals surface area contributed by atoms with E-state index in [-0.39, 0.29) is 11.2 Å². The second-order valence-electron chi connectivity index (χ2n) is 6.14. The lowest BCUT2D eigenvalue weighted by Gasteiger charge is -2.24. The molecule has 0 spiro atoms. The molecule has 1 aliphatic carbocycles. The molecular formula is C17H28N2O2. The van der Waals surface area contributed by atoms with E-state index in [2.05, 4.69) is 23.3 Å². The Morgan fingerprint density at radius 1 is 1.24 bits per heavy atom. The molecule has 1 heterocycles. The van der Waals surface area contributed by atoms with E-state index in [0.29, 0.717) is 6.04 Å². The van der Waals surface area contributed by atoms with Crippen molar-refractivity contribution >= 4 is 0 Å². The van der Waals surface area contributed by atoms with E-state index in [9.17, 15) is 9.90 Å². The molecule has 0 aliphatic heterocycles. The highest BCUT2D eigenvalue weighted by Crippen LogP contribution is 2.36. The van der Waals surface area contributed by atoms with Gasteiger partial charge in [-0.3, -0.25) is 9.69 Å². The van der Waals surface area contributed by atoms with Gasteiger partial charge in [0.1, 0.15) is 0 Å². The summed E-state index contributed by atoms with van der Waals surface area (Å²) in [5, 5.41) is 9.67. The second kappa shape index (κ2) is 7.64. The molecule has 1 fully saturated rings. The van der Waals surface area contributed by atoms with Crippen LogP contribution in [0.3, 0.4) is 0 Å². The summed E-state index contributed by atoms with van der Waals surface area (Å²) < 4.78 is 2.11. The third-order valence-corrected chi connectivity index (χ3v) is 4.12. The minimum atomic E-state index is -0.257. The SMILES string of the molecule is CCCCN(CCCC)Cc1cc(=O)c(O)cn1C1CC1. The first-order chi connectivity index (χ1) is 10.2. The fourth-order valence-corrected chi connectivity index (χ4v) is 2.66. The molecule has 118 valence electrons. The van der Waals surface area contributed by atoms with Crippen LogP contribution in [0.25, 0.3) is 0 Å². The maximum Gasteiger partial charge on any atom is 0.223 e. The normalized spacial score (nSPS) is 14.8. The zero-order chi connectivity index (χ0) is 15.2. The summed E-state index contributed by atoms with van der Waals surface area (Å²) in [4.78, 5) is 14.2. The summed E-state index contributed by atoms with van der Waals surface area (Å²) in [7, 11) is 0. The number of aromatic nitrogens is 1. The molecule has 0 unspecified atom stereocenters. The molecule has 0 amide bonds. The largest absolute Gasteiger partial charge is 0.503 e. The fourth-order valence-electron chi connectivity index (χ4n) is 2.66.